The zero-order valence-corrected chi connectivity index (χ0v) is 9.31. The predicted octanol–water partition coefficient (Wildman–Crippen LogP) is 1.97. The second kappa shape index (κ2) is 4.37. The summed E-state index contributed by atoms with van der Waals surface area (Å²) in [7, 11) is -3.44. The number of nitrogens with one attached hydrogen (secondary N) is 1. The SMILES string of the molecule is O=S(=O)(C1=CC=CC=CN1)c1ccccc1. The lowest BCUT2D eigenvalue weighted by molar-refractivity contribution is 0.600. The minimum atomic E-state index is -3.44. The van der Waals surface area contributed by atoms with Crippen LogP contribution in [-0.2, 0) is 9.84 Å². The fraction of sp³-hybridized carbons (Fsp3) is 0. The molecule has 82 valence electrons. The van der Waals surface area contributed by atoms with Crippen LogP contribution >= 0.6 is 0 Å². The maximum Gasteiger partial charge on any atom is 0.221 e. The Hall–Kier alpha value is -1.81. The molecule has 3 nitrogen and oxygen atoms in total. The van der Waals surface area contributed by atoms with Gasteiger partial charge in [-0.15, -0.1) is 0 Å². The molecule has 0 saturated carbocycles. The first-order chi connectivity index (χ1) is 7.71. The van der Waals surface area contributed by atoms with E-state index in [4.69, 9.17) is 0 Å². The molecule has 1 N–H and O–H groups in total. The average Bonchev–Trinajstić information content (AvgIpc) is 2.59. The molecule has 1 aromatic rings. The number of hydrogen-bond donors (Lipinski definition) is 1. The molecule has 0 aromatic heterocycles. The first kappa shape index (κ1) is 10.7. The minimum absolute atomic E-state index is 0.184. The molecule has 0 atom stereocenters. The number of hydrogen-bond acceptors (Lipinski definition) is 3. The van der Waals surface area contributed by atoms with Gasteiger partial charge in [-0.1, -0.05) is 30.4 Å². The Morgan fingerprint density at radius 2 is 1.69 bits per heavy atom. The Labute approximate surface area is 94.7 Å². The molecular formula is C12H11NO2S. The topological polar surface area (TPSA) is 46.2 Å². The third-order valence-corrected chi connectivity index (χ3v) is 3.86. The first-order valence-corrected chi connectivity index (χ1v) is 6.30. The maximum absolute atomic E-state index is 12.1. The largest absolute Gasteiger partial charge is 0.352 e. The van der Waals surface area contributed by atoms with E-state index in [1.165, 1.54) is 0 Å². The van der Waals surface area contributed by atoms with Gasteiger partial charge in [0.1, 0.15) is 5.03 Å². The highest BCUT2D eigenvalue weighted by Crippen LogP contribution is 2.17. The molecule has 0 spiro atoms. The molecule has 1 aliphatic rings. The van der Waals surface area contributed by atoms with Gasteiger partial charge >= 0.3 is 0 Å². The van der Waals surface area contributed by atoms with E-state index in [1.54, 1.807) is 60.8 Å². The van der Waals surface area contributed by atoms with Gasteiger partial charge in [0.15, 0.2) is 0 Å². The van der Waals surface area contributed by atoms with E-state index in [2.05, 4.69) is 5.32 Å². The Balaban J connectivity index is 2.44. The van der Waals surface area contributed by atoms with Crippen LogP contribution in [0.25, 0.3) is 0 Å². The summed E-state index contributed by atoms with van der Waals surface area (Å²) in [5.41, 5.74) is 0. The van der Waals surface area contributed by atoms with Crippen LogP contribution in [0, 0.1) is 0 Å². The standard InChI is InChI=1S/C12H11NO2S/c14-16(15,11-7-3-1-4-8-11)12-9-5-2-6-10-13-12/h1-10,13H. The molecule has 1 aromatic carbocycles. The van der Waals surface area contributed by atoms with Crippen molar-refractivity contribution in [2.75, 3.05) is 0 Å². The average molecular weight is 233 g/mol. The predicted molar refractivity (Wildman–Crippen MR) is 63.1 cm³/mol. The van der Waals surface area contributed by atoms with Gasteiger partial charge < -0.3 is 5.32 Å². The van der Waals surface area contributed by atoms with Crippen molar-refractivity contribution in [1.29, 1.82) is 0 Å². The van der Waals surface area contributed by atoms with E-state index in [-0.39, 0.29) is 9.92 Å². The van der Waals surface area contributed by atoms with E-state index in [9.17, 15) is 8.42 Å². The minimum Gasteiger partial charge on any atom is -0.352 e. The summed E-state index contributed by atoms with van der Waals surface area (Å²) in [6.45, 7) is 0. The van der Waals surface area contributed by atoms with Gasteiger partial charge in [0.25, 0.3) is 0 Å². The maximum atomic E-state index is 12.1. The molecular weight excluding hydrogens is 222 g/mol. The molecule has 0 amide bonds. The van der Waals surface area contributed by atoms with Gasteiger partial charge in [0, 0.05) is 6.20 Å². The summed E-state index contributed by atoms with van der Waals surface area (Å²) in [5.74, 6) is 0. The van der Waals surface area contributed by atoms with Crippen molar-refractivity contribution in [2.45, 2.75) is 4.90 Å². The van der Waals surface area contributed by atoms with E-state index in [0.29, 0.717) is 0 Å². The van der Waals surface area contributed by atoms with Crippen LogP contribution in [0.2, 0.25) is 0 Å². The number of benzene rings is 1. The first-order valence-electron chi connectivity index (χ1n) is 4.81. The Kier molecular flexibility index (Phi) is 2.92. The highest BCUT2D eigenvalue weighted by molar-refractivity contribution is 7.95. The highest BCUT2D eigenvalue weighted by atomic mass is 32.2. The van der Waals surface area contributed by atoms with Crippen molar-refractivity contribution < 1.29 is 8.42 Å². The molecule has 4 heteroatoms. The number of allylic oxidation sites excluding steroid dienone is 4. The fourth-order valence-electron chi connectivity index (χ4n) is 1.33. The van der Waals surface area contributed by atoms with Gasteiger partial charge in [-0.3, -0.25) is 0 Å². The van der Waals surface area contributed by atoms with Crippen LogP contribution in [0.5, 0.6) is 0 Å². The zero-order valence-electron chi connectivity index (χ0n) is 8.50. The molecule has 16 heavy (non-hydrogen) atoms. The van der Waals surface area contributed by atoms with Crippen LogP contribution in [0.3, 0.4) is 0 Å². The number of sulfone groups is 1. The fourth-order valence-corrected chi connectivity index (χ4v) is 2.59. The van der Waals surface area contributed by atoms with Gasteiger partial charge in [0.2, 0.25) is 9.84 Å². The number of rotatable bonds is 2. The molecule has 2 rings (SSSR count). The quantitative estimate of drug-likeness (QED) is 0.849. The Morgan fingerprint density at radius 3 is 2.44 bits per heavy atom. The smallest absolute Gasteiger partial charge is 0.221 e. The van der Waals surface area contributed by atoms with Gasteiger partial charge in [0.05, 0.1) is 4.90 Å². The monoisotopic (exact) mass is 233 g/mol. The third-order valence-electron chi connectivity index (χ3n) is 2.13. The lowest BCUT2D eigenvalue weighted by Gasteiger charge is -2.07. The highest BCUT2D eigenvalue weighted by Gasteiger charge is 2.19. The van der Waals surface area contributed by atoms with Crippen LogP contribution in [0.1, 0.15) is 0 Å². The molecule has 0 saturated heterocycles. The second-order valence-electron chi connectivity index (χ2n) is 3.24. The van der Waals surface area contributed by atoms with Crippen molar-refractivity contribution in [2.24, 2.45) is 0 Å². The van der Waals surface area contributed by atoms with Gasteiger partial charge in [-0.2, -0.15) is 0 Å². The third kappa shape index (κ3) is 2.06. The molecule has 1 heterocycles. The molecule has 0 radical (unpaired) electrons. The van der Waals surface area contributed by atoms with Crippen LogP contribution in [0.4, 0.5) is 0 Å². The van der Waals surface area contributed by atoms with Crippen LogP contribution in [-0.4, -0.2) is 8.42 Å². The van der Waals surface area contributed by atoms with Gasteiger partial charge in [-0.05, 0) is 24.3 Å². The Morgan fingerprint density at radius 1 is 0.938 bits per heavy atom. The summed E-state index contributed by atoms with van der Waals surface area (Å²) in [4.78, 5) is 0.289. The summed E-state index contributed by atoms with van der Waals surface area (Å²) in [6.07, 6.45) is 8.33. The van der Waals surface area contributed by atoms with E-state index >= 15 is 0 Å². The van der Waals surface area contributed by atoms with Crippen molar-refractivity contribution in [3.63, 3.8) is 0 Å². The van der Waals surface area contributed by atoms with Crippen molar-refractivity contribution in [3.05, 3.63) is 65.9 Å². The van der Waals surface area contributed by atoms with Crippen LogP contribution < -0.4 is 5.32 Å². The summed E-state index contributed by atoms with van der Waals surface area (Å²) >= 11 is 0. The lowest BCUT2D eigenvalue weighted by Crippen LogP contribution is -2.15. The molecule has 0 aliphatic carbocycles. The van der Waals surface area contributed by atoms with Gasteiger partial charge in [-0.25, -0.2) is 8.42 Å². The summed E-state index contributed by atoms with van der Waals surface area (Å²) in [5, 5.41) is 2.93. The van der Waals surface area contributed by atoms with E-state index in [1.807, 2.05) is 0 Å². The molecule has 0 bridgehead atoms. The summed E-state index contributed by atoms with van der Waals surface area (Å²) < 4.78 is 24.3. The molecule has 0 fully saturated rings. The van der Waals surface area contributed by atoms with Crippen molar-refractivity contribution in [1.82, 2.24) is 5.32 Å². The molecule has 0 unspecified atom stereocenters. The zero-order chi connectivity index (χ0) is 11.4. The van der Waals surface area contributed by atoms with Crippen LogP contribution in [0.15, 0.2) is 70.8 Å². The Bertz CT molecular complexity index is 554. The van der Waals surface area contributed by atoms with E-state index < -0.39 is 9.84 Å². The lowest BCUT2D eigenvalue weighted by atomic mass is 10.4. The van der Waals surface area contributed by atoms with Crippen molar-refractivity contribution >= 4 is 9.84 Å². The molecule has 1 aliphatic heterocycles. The van der Waals surface area contributed by atoms with Crippen molar-refractivity contribution in [3.8, 4) is 0 Å². The summed E-state index contributed by atoms with van der Waals surface area (Å²) in [6, 6.07) is 8.35. The second-order valence-corrected chi connectivity index (χ2v) is 5.15. The normalized spacial score (nSPS) is 15.1. The van der Waals surface area contributed by atoms with E-state index in [0.717, 1.165) is 0 Å².